The molecule has 7 heterocycles. The van der Waals surface area contributed by atoms with Crippen LogP contribution in [0.25, 0.3) is 0 Å². The molecule has 0 aromatic carbocycles. The molecule has 0 aromatic rings. The van der Waals surface area contributed by atoms with Crippen molar-refractivity contribution in [1.82, 2.24) is 39.2 Å². The van der Waals surface area contributed by atoms with E-state index in [2.05, 4.69) is 9.47 Å². The number of carbonyl (C=O) groups excluding carboxylic acids is 14. The Balaban J connectivity index is 0.000000253. The molecule has 91 heavy (non-hydrogen) atoms. The van der Waals surface area contributed by atoms with Crippen LogP contribution in [-0.4, -0.2) is 310 Å². The average molecular weight is 1290 g/mol. The molecule has 31 nitrogen and oxygen atoms in total. The fourth-order valence-electron chi connectivity index (χ4n) is 11.9. The number of hydrogen-bond acceptors (Lipinski definition) is 24. The number of rotatable bonds is 32. The normalized spacial score (nSPS) is 23.0. The van der Waals surface area contributed by atoms with Crippen LogP contribution in [-0.2, 0) is 110 Å². The van der Waals surface area contributed by atoms with E-state index in [0.29, 0.717) is 118 Å². The fourth-order valence-corrected chi connectivity index (χ4v) is 11.9. The summed E-state index contributed by atoms with van der Waals surface area (Å²) in [7, 11) is 9.21. The molecule has 0 spiro atoms. The second kappa shape index (κ2) is 37.7. The van der Waals surface area contributed by atoms with Crippen molar-refractivity contribution < 1.29 is 110 Å². The van der Waals surface area contributed by atoms with Gasteiger partial charge in [0, 0.05) is 156 Å². The first kappa shape index (κ1) is 74.2. The third kappa shape index (κ3) is 22.7. The summed E-state index contributed by atoms with van der Waals surface area (Å²) in [5.41, 5.74) is 0. The Morgan fingerprint density at radius 2 is 0.473 bits per heavy atom. The molecule has 0 radical (unpaired) electrons. The quantitative estimate of drug-likeness (QED) is 0.0400. The first-order chi connectivity index (χ1) is 43.6. The third-order valence-electron chi connectivity index (χ3n) is 17.3. The van der Waals surface area contributed by atoms with E-state index in [0.717, 1.165) is 25.7 Å². The highest BCUT2D eigenvalue weighted by Gasteiger charge is 2.41. The van der Waals surface area contributed by atoms with Crippen molar-refractivity contribution in [2.75, 3.05) is 187 Å². The maximum absolute atomic E-state index is 12.4. The highest BCUT2D eigenvalue weighted by Crippen LogP contribution is 2.25. The maximum Gasteiger partial charge on any atom is 0.310 e. The van der Waals surface area contributed by atoms with Crippen LogP contribution < -0.4 is 0 Å². The van der Waals surface area contributed by atoms with Gasteiger partial charge in [-0.3, -0.25) is 72.0 Å². The summed E-state index contributed by atoms with van der Waals surface area (Å²) in [6, 6.07) is 0. The summed E-state index contributed by atoms with van der Waals surface area (Å²) in [4.78, 5) is 180. The van der Waals surface area contributed by atoms with Crippen LogP contribution in [0.2, 0.25) is 0 Å². The molecule has 7 fully saturated rings. The predicted molar refractivity (Wildman–Crippen MR) is 313 cm³/mol. The number of esters is 7. The summed E-state index contributed by atoms with van der Waals surface area (Å²) in [6.45, 7) is 8.59. The fraction of sp³-hybridized carbons (Fsp3) is 0.767. The van der Waals surface area contributed by atoms with E-state index < -0.39 is 47.5 Å². The molecule has 510 valence electrons. The molecule has 7 unspecified atom stereocenters. The maximum atomic E-state index is 12.4. The summed E-state index contributed by atoms with van der Waals surface area (Å²) in [5.74, 6) is -6.00. The molecule has 0 aliphatic carbocycles. The summed E-state index contributed by atoms with van der Waals surface area (Å²) in [5, 5.41) is 0. The Hall–Kier alpha value is -7.54. The molecule has 7 aliphatic rings. The molecule has 0 N–H and O–H groups in total. The second-order valence-electron chi connectivity index (χ2n) is 23.3. The zero-order valence-electron chi connectivity index (χ0n) is 53.6. The van der Waals surface area contributed by atoms with Crippen molar-refractivity contribution in [3.63, 3.8) is 0 Å². The van der Waals surface area contributed by atoms with Gasteiger partial charge in [-0.1, -0.05) is 12.8 Å². The van der Waals surface area contributed by atoms with Gasteiger partial charge in [-0.2, -0.15) is 0 Å². The summed E-state index contributed by atoms with van der Waals surface area (Å²) in [6.07, 6.45) is 4.84. The lowest BCUT2D eigenvalue weighted by molar-refractivity contribution is -0.145. The molecule has 7 aliphatic heterocycles. The van der Waals surface area contributed by atoms with Crippen molar-refractivity contribution in [3.05, 3.63) is 0 Å². The summed E-state index contributed by atoms with van der Waals surface area (Å²) >= 11 is 0. The highest BCUT2D eigenvalue weighted by atomic mass is 16.6. The van der Waals surface area contributed by atoms with Crippen LogP contribution in [0.4, 0.5) is 0 Å². The van der Waals surface area contributed by atoms with E-state index in [4.69, 9.17) is 33.2 Å². The van der Waals surface area contributed by atoms with E-state index in [9.17, 15) is 67.1 Å². The van der Waals surface area contributed by atoms with Gasteiger partial charge >= 0.3 is 41.8 Å². The first-order valence-corrected chi connectivity index (χ1v) is 31.0. The molecule has 7 amide bonds. The minimum Gasteiger partial charge on any atom is -0.469 e. The number of unbranched alkanes of at least 4 members (excludes halogenated alkanes) is 3. The monoisotopic (exact) mass is 1290 g/mol. The Morgan fingerprint density at radius 1 is 0.286 bits per heavy atom. The van der Waals surface area contributed by atoms with E-state index >= 15 is 0 Å². The second-order valence-corrected chi connectivity index (χ2v) is 23.3. The van der Waals surface area contributed by atoms with Gasteiger partial charge in [0.2, 0.25) is 41.4 Å². The molecule has 7 atom stereocenters. The number of nitrogens with zero attached hydrogens (tertiary/aromatic N) is 8. The Bertz CT molecular complexity index is 2360. The molecule has 7 rings (SSSR count). The number of ether oxygens (including phenoxy) is 9. The first-order valence-electron chi connectivity index (χ1n) is 31.0. The predicted octanol–water partition coefficient (Wildman–Crippen LogP) is -1.99. The lowest BCUT2D eigenvalue weighted by Gasteiger charge is -2.29. The van der Waals surface area contributed by atoms with Crippen LogP contribution in [0.3, 0.4) is 0 Å². The minimum atomic E-state index is -0.485. The SMILES string of the molecule is COC(=O)C1CC(=O)N(CCCCCCN2CC(C(=O)OC)CC2=O)C1.COC(=O)C1CC(=O)N(CCN(CCN2CC(C(=O)OC)CC2=O)CCN2CC(C(=O)OC)CC2=O)C1.COC(=O)C1CC(=O)N(CCOCCOCCN2CC(C(=O)OC)CC2=O)C1. The van der Waals surface area contributed by atoms with E-state index in [-0.39, 0.29) is 142 Å². The Morgan fingerprint density at radius 3 is 0.670 bits per heavy atom. The molecule has 0 aromatic heterocycles. The van der Waals surface area contributed by atoms with Crippen molar-refractivity contribution in [2.45, 2.75) is 70.6 Å². The van der Waals surface area contributed by atoms with Crippen molar-refractivity contribution >= 4 is 83.1 Å². The zero-order chi connectivity index (χ0) is 66.7. The number of hydrogen-bond donors (Lipinski definition) is 0. The molecular weight excluding hydrogens is 1200 g/mol. The van der Waals surface area contributed by atoms with Gasteiger partial charge < -0.3 is 76.9 Å². The average Bonchev–Trinajstić information content (AvgIpc) is 2.48. The van der Waals surface area contributed by atoms with E-state index in [1.165, 1.54) is 49.8 Å². The van der Waals surface area contributed by atoms with E-state index in [1.807, 2.05) is 4.90 Å². The van der Waals surface area contributed by atoms with Crippen molar-refractivity contribution in [1.29, 1.82) is 0 Å². The minimum absolute atomic E-state index is 0.0110. The van der Waals surface area contributed by atoms with Gasteiger partial charge in [-0.15, -0.1) is 0 Å². The number of methoxy groups -OCH3 is 7. The molecule has 0 saturated carbocycles. The number of carbonyl (C=O) groups is 14. The van der Waals surface area contributed by atoms with Gasteiger partial charge in [0.25, 0.3) is 0 Å². The van der Waals surface area contributed by atoms with Crippen molar-refractivity contribution in [3.8, 4) is 0 Å². The Labute approximate surface area is 530 Å². The number of amides is 7. The zero-order valence-corrected chi connectivity index (χ0v) is 53.6. The highest BCUT2D eigenvalue weighted by molar-refractivity contribution is 5.90. The Kier molecular flexibility index (Phi) is 30.7. The lowest BCUT2D eigenvalue weighted by Crippen LogP contribution is -2.44. The van der Waals surface area contributed by atoms with Gasteiger partial charge in [-0.05, 0) is 12.8 Å². The standard InChI is InChI=1S/C24H36N4O9.C18H28N2O8.C18H28N2O6/c1-35-22(32)16-10-19(29)26(13-16)7-4-25(5-8-27-14-17(11-20(27)30)23(33)36-2)6-9-28-15-18(12-21(28)31)24(34)37-3;1-25-17(23)13-9-15(21)19(11-13)3-5-27-7-8-28-6-4-20-12-14(10-16(20)22)18(24)26-2;1-25-17(23)13-9-15(21)19(11-13)7-5-3-4-6-8-20-12-14(10-16(20)22)18(24)26-2/h16-18H,4-15H2,1-3H3;13-14H,3-12H2,1-2H3;13-14H,3-12H2,1-2H3. The van der Waals surface area contributed by atoms with Crippen LogP contribution in [0, 0.1) is 41.4 Å². The molecular formula is C60H92N8O23. The van der Waals surface area contributed by atoms with Gasteiger partial charge in [-0.25, -0.2) is 0 Å². The topological polar surface area (TPSA) is 348 Å². The largest absolute Gasteiger partial charge is 0.469 e. The summed E-state index contributed by atoms with van der Waals surface area (Å²) < 4.78 is 43.9. The molecule has 0 bridgehead atoms. The van der Waals surface area contributed by atoms with Gasteiger partial charge in [0.1, 0.15) is 0 Å². The van der Waals surface area contributed by atoms with Crippen LogP contribution in [0.5, 0.6) is 0 Å². The molecule has 31 heteroatoms. The van der Waals surface area contributed by atoms with Gasteiger partial charge in [0.05, 0.1) is 118 Å². The van der Waals surface area contributed by atoms with E-state index in [1.54, 1.807) is 34.3 Å². The van der Waals surface area contributed by atoms with Gasteiger partial charge in [0.15, 0.2) is 0 Å². The smallest absolute Gasteiger partial charge is 0.310 e. The molecule has 7 saturated heterocycles. The number of likely N-dealkylation sites (tertiary alicyclic amines) is 7. The van der Waals surface area contributed by atoms with Crippen LogP contribution >= 0.6 is 0 Å². The van der Waals surface area contributed by atoms with Crippen LogP contribution in [0.1, 0.15) is 70.6 Å². The van der Waals surface area contributed by atoms with Crippen LogP contribution in [0.15, 0.2) is 0 Å². The lowest BCUT2D eigenvalue weighted by atomic mass is 10.1. The van der Waals surface area contributed by atoms with Crippen molar-refractivity contribution in [2.24, 2.45) is 41.4 Å². The third-order valence-corrected chi connectivity index (χ3v) is 17.3.